The second kappa shape index (κ2) is 10.1. The maximum absolute atomic E-state index is 9.55. The third-order valence-corrected chi connectivity index (χ3v) is 2.50. The Morgan fingerprint density at radius 2 is 1.65 bits per heavy atom. The van der Waals surface area contributed by atoms with E-state index in [1.165, 1.54) is 25.8 Å². The molecule has 5 nitrogen and oxygen atoms in total. The lowest BCUT2D eigenvalue weighted by Gasteiger charge is -2.29. The minimum atomic E-state index is -1.26. The third-order valence-electron chi connectivity index (χ3n) is 2.50. The van der Waals surface area contributed by atoms with Crippen molar-refractivity contribution in [2.24, 2.45) is 0 Å². The Labute approximate surface area is 108 Å². The Morgan fingerprint density at radius 3 is 1.88 bits per heavy atom. The third kappa shape index (κ3) is 11.2. The molecule has 1 aliphatic rings. The maximum Gasteiger partial charge on any atom is 0.328 e. The summed E-state index contributed by atoms with van der Waals surface area (Å²) in [4.78, 5) is 21.5. The van der Waals surface area contributed by atoms with Crippen LogP contribution in [0.5, 0.6) is 0 Å². The number of hydrogen-bond acceptors (Lipinski definition) is 3. The lowest BCUT2D eigenvalue weighted by atomic mass is 10.1. The zero-order chi connectivity index (χ0) is 12.6. The van der Waals surface area contributed by atoms with Gasteiger partial charge in [0.25, 0.3) is 0 Å². The predicted molar refractivity (Wildman–Crippen MR) is 67.6 cm³/mol. The largest absolute Gasteiger partial charge is 0.478 e. The van der Waals surface area contributed by atoms with E-state index in [1.807, 2.05) is 0 Å². The van der Waals surface area contributed by atoms with Crippen molar-refractivity contribution in [1.29, 1.82) is 0 Å². The van der Waals surface area contributed by atoms with E-state index in [1.54, 1.807) is 0 Å². The van der Waals surface area contributed by atoms with Crippen molar-refractivity contribution >= 4 is 24.3 Å². The summed E-state index contributed by atoms with van der Waals surface area (Å²) in [6, 6.07) is 0.837. The topological polar surface area (TPSA) is 77.8 Å². The molecule has 17 heavy (non-hydrogen) atoms. The van der Waals surface area contributed by atoms with Gasteiger partial charge in [0.2, 0.25) is 0 Å². The minimum Gasteiger partial charge on any atom is -0.478 e. The summed E-state index contributed by atoms with van der Waals surface area (Å²) in [6.07, 6.45) is 5.35. The smallest absolute Gasteiger partial charge is 0.328 e. The zero-order valence-electron chi connectivity index (χ0n) is 10.1. The summed E-state index contributed by atoms with van der Waals surface area (Å²) < 4.78 is 0. The molecule has 1 aliphatic heterocycles. The highest BCUT2D eigenvalue weighted by Crippen LogP contribution is 2.13. The number of carbonyl (C=O) groups is 2. The second-order valence-corrected chi connectivity index (χ2v) is 3.84. The normalized spacial score (nSPS) is 20.0. The van der Waals surface area contributed by atoms with Gasteiger partial charge in [-0.25, -0.2) is 9.59 Å². The van der Waals surface area contributed by atoms with Crippen molar-refractivity contribution in [3.05, 3.63) is 12.2 Å². The van der Waals surface area contributed by atoms with Gasteiger partial charge in [-0.1, -0.05) is 6.42 Å². The van der Waals surface area contributed by atoms with Crippen LogP contribution in [0.15, 0.2) is 12.2 Å². The molecule has 1 rings (SSSR count). The maximum atomic E-state index is 9.55. The van der Waals surface area contributed by atoms with Crippen molar-refractivity contribution in [2.75, 3.05) is 13.6 Å². The number of hydrogen-bond donors (Lipinski definition) is 2. The van der Waals surface area contributed by atoms with Crippen LogP contribution in [0.4, 0.5) is 0 Å². The van der Waals surface area contributed by atoms with Crippen LogP contribution in [0.1, 0.15) is 26.2 Å². The zero-order valence-corrected chi connectivity index (χ0v) is 10.9. The van der Waals surface area contributed by atoms with Gasteiger partial charge in [0.1, 0.15) is 0 Å². The van der Waals surface area contributed by atoms with Crippen molar-refractivity contribution in [1.82, 2.24) is 4.90 Å². The Hall–Kier alpha value is -1.07. The van der Waals surface area contributed by atoms with E-state index in [0.29, 0.717) is 12.2 Å². The van der Waals surface area contributed by atoms with E-state index in [9.17, 15) is 9.59 Å². The van der Waals surface area contributed by atoms with Crippen LogP contribution in [0.2, 0.25) is 0 Å². The summed E-state index contributed by atoms with van der Waals surface area (Å²) in [7, 11) is 2.21. The molecule has 0 bridgehead atoms. The van der Waals surface area contributed by atoms with Crippen LogP contribution in [0.3, 0.4) is 0 Å². The van der Waals surface area contributed by atoms with Gasteiger partial charge in [-0.3, -0.25) is 0 Å². The molecule has 0 spiro atoms. The lowest BCUT2D eigenvalue weighted by Crippen LogP contribution is -2.33. The summed E-state index contributed by atoms with van der Waals surface area (Å²) in [5.74, 6) is -2.51. The molecule has 0 aromatic rings. The number of piperidine rings is 1. The molecule has 0 radical (unpaired) electrons. The molecule has 0 aromatic heterocycles. The molecule has 6 heteroatoms. The van der Waals surface area contributed by atoms with Gasteiger partial charge in [-0.05, 0) is 33.4 Å². The summed E-state index contributed by atoms with van der Waals surface area (Å²) in [5, 5.41) is 15.6. The van der Waals surface area contributed by atoms with Crippen molar-refractivity contribution < 1.29 is 19.8 Å². The number of likely N-dealkylation sites (tertiary alicyclic amines) is 1. The molecule has 2 N–H and O–H groups in total. The van der Waals surface area contributed by atoms with E-state index in [2.05, 4.69) is 18.9 Å². The van der Waals surface area contributed by atoms with Gasteiger partial charge >= 0.3 is 11.9 Å². The van der Waals surface area contributed by atoms with Gasteiger partial charge < -0.3 is 15.1 Å². The molecule has 0 saturated carbocycles. The first-order valence-corrected chi connectivity index (χ1v) is 5.27. The Kier molecular flexibility index (Phi) is 10.9. The van der Waals surface area contributed by atoms with Crippen molar-refractivity contribution in [3.8, 4) is 0 Å². The monoisotopic (exact) mass is 265 g/mol. The highest BCUT2D eigenvalue weighted by molar-refractivity contribution is 5.89. The molecule has 1 saturated heterocycles. The van der Waals surface area contributed by atoms with E-state index in [4.69, 9.17) is 10.2 Å². The van der Waals surface area contributed by atoms with E-state index in [0.717, 1.165) is 6.04 Å². The Morgan fingerprint density at radius 1 is 1.18 bits per heavy atom. The van der Waals surface area contributed by atoms with Gasteiger partial charge in [0.05, 0.1) is 0 Å². The molecule has 1 heterocycles. The van der Waals surface area contributed by atoms with Crippen molar-refractivity contribution in [2.45, 2.75) is 32.2 Å². The average molecular weight is 266 g/mol. The number of halogens is 1. The number of nitrogens with zero attached hydrogens (tertiary/aromatic N) is 1. The fourth-order valence-corrected chi connectivity index (χ4v) is 1.38. The summed E-state index contributed by atoms with van der Waals surface area (Å²) in [6.45, 7) is 3.61. The quantitative estimate of drug-likeness (QED) is 0.742. The van der Waals surface area contributed by atoms with Crippen LogP contribution >= 0.6 is 12.4 Å². The molecule has 0 amide bonds. The van der Waals surface area contributed by atoms with Crippen molar-refractivity contribution in [3.63, 3.8) is 0 Å². The van der Waals surface area contributed by atoms with Crippen LogP contribution < -0.4 is 0 Å². The van der Waals surface area contributed by atoms with Gasteiger partial charge in [0.15, 0.2) is 0 Å². The van der Waals surface area contributed by atoms with Gasteiger partial charge in [0, 0.05) is 18.2 Å². The molecule has 1 atom stereocenters. The van der Waals surface area contributed by atoms with Crippen LogP contribution in [-0.4, -0.2) is 46.7 Å². The highest BCUT2D eigenvalue weighted by Gasteiger charge is 2.12. The molecule has 0 aliphatic carbocycles. The number of aliphatic carboxylic acids is 2. The molecular formula is C11H20ClNO4. The molecule has 0 aromatic carbocycles. The van der Waals surface area contributed by atoms with Crippen LogP contribution in [-0.2, 0) is 9.59 Å². The minimum absolute atomic E-state index is 0. The van der Waals surface area contributed by atoms with Gasteiger partial charge in [-0.15, -0.1) is 12.4 Å². The molecule has 1 fully saturated rings. The lowest BCUT2D eigenvalue weighted by molar-refractivity contribution is -0.134. The predicted octanol–water partition coefficient (Wildman–Crippen LogP) is 1.62. The fourth-order valence-electron chi connectivity index (χ4n) is 1.38. The van der Waals surface area contributed by atoms with Crippen LogP contribution in [0, 0.1) is 0 Å². The van der Waals surface area contributed by atoms with E-state index in [-0.39, 0.29) is 12.4 Å². The first kappa shape index (κ1) is 18.3. The number of carboxylic acid groups (broad SMARTS) is 2. The Balaban J connectivity index is 0. The van der Waals surface area contributed by atoms with E-state index < -0.39 is 11.9 Å². The number of rotatable bonds is 2. The first-order chi connectivity index (χ1) is 7.43. The average Bonchev–Trinajstić information content (AvgIpc) is 2.20. The fraction of sp³-hybridized carbons (Fsp3) is 0.636. The highest BCUT2D eigenvalue weighted by atomic mass is 35.5. The van der Waals surface area contributed by atoms with Gasteiger partial charge in [-0.2, -0.15) is 0 Å². The molecule has 1 unspecified atom stereocenters. The number of carboxylic acids is 2. The summed E-state index contributed by atoms with van der Waals surface area (Å²) >= 11 is 0. The summed E-state index contributed by atoms with van der Waals surface area (Å²) in [5.41, 5.74) is 0. The van der Waals surface area contributed by atoms with E-state index >= 15 is 0 Å². The first-order valence-electron chi connectivity index (χ1n) is 5.27. The standard InChI is InChI=1S/C7H15N.C4H4O4.ClH/c1-7-5-3-4-6-8(7)2;5-3(6)1-2-4(7)8;/h7H,3-6H2,1-2H3;1-2H,(H,5,6)(H,7,8);1H/b;2-1+;. The Bertz CT molecular complexity index is 242. The molecular weight excluding hydrogens is 246 g/mol. The SMILES string of the molecule is CC1CCCCN1C.Cl.O=C(O)/C=C/C(=O)O. The molecule has 100 valence electrons. The second-order valence-electron chi connectivity index (χ2n) is 3.84. The van der Waals surface area contributed by atoms with Crippen LogP contribution in [0.25, 0.3) is 0 Å².